The van der Waals surface area contributed by atoms with Crippen molar-refractivity contribution in [3.63, 3.8) is 0 Å². The minimum absolute atomic E-state index is 0.0173. The second kappa shape index (κ2) is 6.83. The summed E-state index contributed by atoms with van der Waals surface area (Å²) in [6, 6.07) is 13.3. The Morgan fingerprint density at radius 3 is 2.64 bits per heavy atom. The number of para-hydroxylation sites is 1. The normalized spacial score (nSPS) is 13.8. The molecule has 6 nitrogen and oxygen atoms in total. The van der Waals surface area contributed by atoms with Gasteiger partial charge in [-0.15, -0.1) is 0 Å². The highest BCUT2D eigenvalue weighted by Crippen LogP contribution is 2.31. The Bertz CT molecular complexity index is 1250. The minimum Gasteiger partial charge on any atom is -0.487 e. The van der Waals surface area contributed by atoms with Crippen molar-refractivity contribution in [2.75, 3.05) is 6.61 Å². The molecule has 1 aliphatic heterocycles. The van der Waals surface area contributed by atoms with Crippen molar-refractivity contribution in [2.45, 2.75) is 19.8 Å². The van der Waals surface area contributed by atoms with E-state index in [1.807, 2.05) is 19.9 Å². The smallest absolute Gasteiger partial charge is 0.338 e. The van der Waals surface area contributed by atoms with Gasteiger partial charge >= 0.3 is 15.7 Å². The highest BCUT2D eigenvalue weighted by atomic mass is 32.2. The van der Waals surface area contributed by atoms with Gasteiger partial charge in [0.1, 0.15) is 28.6 Å². The van der Waals surface area contributed by atoms with Gasteiger partial charge in [0.05, 0.1) is 0 Å². The Morgan fingerprint density at radius 1 is 1.07 bits per heavy atom. The van der Waals surface area contributed by atoms with Crippen molar-refractivity contribution in [1.82, 2.24) is 0 Å². The van der Waals surface area contributed by atoms with Crippen LogP contribution in [0, 0.1) is 0 Å². The van der Waals surface area contributed by atoms with Crippen molar-refractivity contribution in [3.8, 4) is 11.5 Å². The number of benzene rings is 2. The lowest BCUT2D eigenvalue weighted by Crippen LogP contribution is -2.19. The van der Waals surface area contributed by atoms with E-state index < -0.39 is 15.7 Å². The molecular formula is C21H18O6S. The summed E-state index contributed by atoms with van der Waals surface area (Å²) in [6.45, 7) is 3.83. The van der Waals surface area contributed by atoms with Gasteiger partial charge in [0, 0.05) is 23.1 Å². The largest absolute Gasteiger partial charge is 0.487 e. The van der Waals surface area contributed by atoms with Crippen LogP contribution in [0.4, 0.5) is 0 Å². The molecule has 0 N–H and O–H groups in total. The molecule has 28 heavy (non-hydrogen) atoms. The Hall–Kier alpha value is -3.06. The number of hydrogen-bond donors (Lipinski definition) is 0. The zero-order chi connectivity index (χ0) is 19.9. The van der Waals surface area contributed by atoms with Crippen molar-refractivity contribution in [1.29, 1.82) is 0 Å². The summed E-state index contributed by atoms with van der Waals surface area (Å²) >= 11 is 0. The Labute approximate surface area is 162 Å². The molecule has 0 bridgehead atoms. The quantitative estimate of drug-likeness (QED) is 0.487. The van der Waals surface area contributed by atoms with Crippen LogP contribution in [0.2, 0.25) is 0 Å². The van der Waals surface area contributed by atoms with Gasteiger partial charge in [-0.25, -0.2) is 4.79 Å². The minimum atomic E-state index is -4.07. The standard InChI is InChI=1S/C21H18O6S/c1-13(2)18-11-21(22)26-20-10-15(7-8-17(18)20)27-28(23,24)16-9-14-5-3-4-6-19(14)25-12-16/h3-11,13H,12H2,1-2H3. The van der Waals surface area contributed by atoms with Crippen LogP contribution in [0.1, 0.15) is 30.9 Å². The van der Waals surface area contributed by atoms with Gasteiger partial charge in [0.25, 0.3) is 0 Å². The topological polar surface area (TPSA) is 82.8 Å². The summed E-state index contributed by atoms with van der Waals surface area (Å²) in [4.78, 5) is 11.8. The second-order valence-electron chi connectivity index (χ2n) is 6.81. The van der Waals surface area contributed by atoms with Crippen LogP contribution in [0.5, 0.6) is 11.5 Å². The number of ether oxygens (including phenoxy) is 1. The molecule has 2 aromatic carbocycles. The van der Waals surface area contributed by atoms with Crippen molar-refractivity contribution < 1.29 is 21.8 Å². The number of fused-ring (bicyclic) bond motifs is 2. The summed E-state index contributed by atoms with van der Waals surface area (Å²) in [5.74, 6) is 0.804. The molecule has 1 aromatic heterocycles. The zero-order valence-electron chi connectivity index (χ0n) is 15.3. The third-order valence-electron chi connectivity index (χ3n) is 4.50. The van der Waals surface area contributed by atoms with Crippen LogP contribution >= 0.6 is 0 Å². The Kier molecular flexibility index (Phi) is 4.47. The van der Waals surface area contributed by atoms with Gasteiger partial charge in [0.2, 0.25) is 0 Å². The van der Waals surface area contributed by atoms with Crippen LogP contribution < -0.4 is 14.5 Å². The van der Waals surface area contributed by atoms with Gasteiger partial charge in [-0.05, 0) is 35.8 Å². The highest BCUT2D eigenvalue weighted by Gasteiger charge is 2.25. The first kappa shape index (κ1) is 18.3. The van der Waals surface area contributed by atoms with E-state index >= 15 is 0 Å². The Balaban J connectivity index is 1.70. The number of rotatable bonds is 4. The summed E-state index contributed by atoms with van der Waals surface area (Å²) in [6.07, 6.45) is 1.53. The highest BCUT2D eigenvalue weighted by molar-refractivity contribution is 7.91. The maximum Gasteiger partial charge on any atom is 0.338 e. The SMILES string of the molecule is CC(C)c1cc(=O)oc2cc(OS(=O)(=O)C3=Cc4ccccc4OC3)ccc12. The average molecular weight is 398 g/mol. The molecule has 0 atom stereocenters. The molecule has 0 radical (unpaired) electrons. The fraction of sp³-hybridized carbons (Fsp3) is 0.190. The van der Waals surface area contributed by atoms with E-state index in [-0.39, 0.29) is 28.8 Å². The average Bonchev–Trinajstić information content (AvgIpc) is 2.66. The molecule has 7 heteroatoms. The second-order valence-corrected chi connectivity index (χ2v) is 8.41. The number of hydrogen-bond acceptors (Lipinski definition) is 6. The molecule has 0 saturated carbocycles. The molecule has 4 rings (SSSR count). The fourth-order valence-electron chi connectivity index (χ4n) is 3.12. The molecule has 2 heterocycles. The predicted octanol–water partition coefficient (Wildman–Crippen LogP) is 4.06. The van der Waals surface area contributed by atoms with Crippen LogP contribution in [0.15, 0.2) is 62.6 Å². The lowest BCUT2D eigenvalue weighted by Gasteiger charge is -2.18. The summed E-state index contributed by atoms with van der Waals surface area (Å²) in [5.41, 5.74) is 1.29. The van der Waals surface area contributed by atoms with E-state index in [0.717, 1.165) is 10.9 Å². The summed E-state index contributed by atoms with van der Waals surface area (Å²) < 4.78 is 41.4. The molecule has 1 aliphatic rings. The zero-order valence-corrected chi connectivity index (χ0v) is 16.2. The van der Waals surface area contributed by atoms with E-state index in [1.165, 1.54) is 18.2 Å². The van der Waals surface area contributed by atoms with Gasteiger partial charge in [-0.3, -0.25) is 0 Å². The van der Waals surface area contributed by atoms with E-state index in [9.17, 15) is 13.2 Å². The molecule has 0 fully saturated rings. The maximum atomic E-state index is 12.7. The third kappa shape index (κ3) is 3.41. The molecule has 0 amide bonds. The van der Waals surface area contributed by atoms with Gasteiger partial charge in [-0.1, -0.05) is 32.0 Å². The Morgan fingerprint density at radius 2 is 1.86 bits per heavy atom. The first-order chi connectivity index (χ1) is 13.3. The first-order valence-electron chi connectivity index (χ1n) is 8.78. The van der Waals surface area contributed by atoms with Crippen LogP contribution in [0.3, 0.4) is 0 Å². The first-order valence-corrected chi connectivity index (χ1v) is 10.2. The monoisotopic (exact) mass is 398 g/mol. The van der Waals surface area contributed by atoms with E-state index in [1.54, 1.807) is 30.3 Å². The van der Waals surface area contributed by atoms with Gasteiger partial charge < -0.3 is 13.3 Å². The maximum absolute atomic E-state index is 12.7. The fourth-order valence-corrected chi connectivity index (χ4v) is 4.06. The molecule has 3 aromatic rings. The van der Waals surface area contributed by atoms with Crippen molar-refractivity contribution in [2.24, 2.45) is 0 Å². The molecule has 0 unspecified atom stereocenters. The van der Waals surface area contributed by atoms with E-state index in [0.29, 0.717) is 11.3 Å². The van der Waals surface area contributed by atoms with Crippen LogP contribution in [-0.2, 0) is 10.1 Å². The third-order valence-corrected chi connectivity index (χ3v) is 5.79. The predicted molar refractivity (Wildman–Crippen MR) is 106 cm³/mol. The van der Waals surface area contributed by atoms with Crippen LogP contribution in [0.25, 0.3) is 17.0 Å². The van der Waals surface area contributed by atoms with Gasteiger partial charge in [-0.2, -0.15) is 8.42 Å². The summed E-state index contributed by atoms with van der Waals surface area (Å²) in [5, 5.41) is 0.744. The molecule has 144 valence electrons. The molecule has 0 saturated heterocycles. The van der Waals surface area contributed by atoms with Crippen molar-refractivity contribution >= 4 is 27.2 Å². The molecular weight excluding hydrogens is 380 g/mol. The van der Waals surface area contributed by atoms with Crippen molar-refractivity contribution in [3.05, 3.63) is 75.0 Å². The van der Waals surface area contributed by atoms with E-state index in [2.05, 4.69) is 0 Å². The molecule has 0 aliphatic carbocycles. The van der Waals surface area contributed by atoms with E-state index in [4.69, 9.17) is 13.3 Å². The van der Waals surface area contributed by atoms with Gasteiger partial charge in [0.15, 0.2) is 0 Å². The lowest BCUT2D eigenvalue weighted by molar-refractivity contribution is 0.350. The lowest BCUT2D eigenvalue weighted by atomic mass is 10.00. The summed E-state index contributed by atoms with van der Waals surface area (Å²) in [7, 11) is -4.07. The van der Waals surface area contributed by atoms with Crippen LogP contribution in [-0.4, -0.2) is 15.0 Å². The molecule has 0 spiro atoms.